The molecular weight excluding hydrogens is 304 g/mol. The predicted octanol–water partition coefficient (Wildman–Crippen LogP) is 3.26. The Morgan fingerprint density at radius 2 is 2.25 bits per heavy atom. The molecule has 0 bridgehead atoms. The Labute approximate surface area is 143 Å². The molecule has 0 spiro atoms. The summed E-state index contributed by atoms with van der Waals surface area (Å²) in [5, 5.41) is 0. The Hall–Kier alpha value is -2.48. The Morgan fingerprint density at radius 3 is 2.92 bits per heavy atom. The molecule has 0 N–H and O–H groups in total. The molecule has 1 saturated heterocycles. The highest BCUT2D eigenvalue weighted by molar-refractivity contribution is 5.68. The highest BCUT2D eigenvalue weighted by Gasteiger charge is 2.33. The standard InChI is InChI=1S/C19H24N2O3/c1-5-24-18(22)21-13-12-15(19(2,3)14-21)8-6-9-16-10-7-11-17(20-16)23-4/h7-8,10-11H,5,12-14H2,1-4H3/b15-8+. The Balaban J connectivity index is 2.08. The molecule has 5 heteroatoms. The van der Waals surface area contributed by atoms with Crippen LogP contribution in [0.1, 0.15) is 32.9 Å². The summed E-state index contributed by atoms with van der Waals surface area (Å²) in [6, 6.07) is 5.51. The van der Waals surface area contributed by atoms with Gasteiger partial charge in [-0.25, -0.2) is 9.78 Å². The van der Waals surface area contributed by atoms with Crippen LogP contribution in [0.4, 0.5) is 4.79 Å². The fourth-order valence-electron chi connectivity index (χ4n) is 2.68. The SMILES string of the molecule is CCOC(=O)N1CC/C(=C\C#Cc2cccc(OC)n2)C(C)(C)C1. The lowest BCUT2D eigenvalue weighted by molar-refractivity contribution is 0.0862. The maximum atomic E-state index is 11.9. The maximum Gasteiger partial charge on any atom is 0.409 e. The van der Waals surface area contributed by atoms with Gasteiger partial charge >= 0.3 is 6.09 Å². The summed E-state index contributed by atoms with van der Waals surface area (Å²) in [6.07, 6.45) is 2.51. The lowest BCUT2D eigenvalue weighted by Crippen LogP contribution is -2.45. The summed E-state index contributed by atoms with van der Waals surface area (Å²) in [6.45, 7) is 7.76. The van der Waals surface area contributed by atoms with Crippen molar-refractivity contribution in [2.75, 3.05) is 26.8 Å². The minimum absolute atomic E-state index is 0.124. The van der Waals surface area contributed by atoms with E-state index in [1.807, 2.05) is 25.1 Å². The minimum atomic E-state index is -0.240. The Kier molecular flexibility index (Phi) is 5.86. The molecule has 0 aromatic carbocycles. The molecule has 5 nitrogen and oxygen atoms in total. The summed E-state index contributed by atoms with van der Waals surface area (Å²) in [5.74, 6) is 6.67. The average molecular weight is 328 g/mol. The van der Waals surface area contributed by atoms with Crippen molar-refractivity contribution in [1.29, 1.82) is 0 Å². The number of piperidine rings is 1. The van der Waals surface area contributed by atoms with Gasteiger partial charge in [-0.2, -0.15) is 0 Å². The van der Waals surface area contributed by atoms with Gasteiger partial charge in [0.15, 0.2) is 0 Å². The Bertz CT molecular complexity index is 683. The van der Waals surface area contributed by atoms with E-state index in [9.17, 15) is 4.79 Å². The molecule has 24 heavy (non-hydrogen) atoms. The number of carbonyl (C=O) groups is 1. The molecule has 1 amide bonds. The van der Waals surface area contributed by atoms with Crippen LogP contribution in [0.25, 0.3) is 0 Å². The largest absolute Gasteiger partial charge is 0.481 e. The summed E-state index contributed by atoms with van der Waals surface area (Å²) >= 11 is 0. The van der Waals surface area contributed by atoms with E-state index >= 15 is 0 Å². The number of rotatable bonds is 2. The molecular formula is C19H24N2O3. The van der Waals surface area contributed by atoms with Crippen molar-refractivity contribution < 1.29 is 14.3 Å². The first kappa shape index (κ1) is 17.9. The number of hydrogen-bond donors (Lipinski definition) is 0. The highest BCUT2D eigenvalue weighted by Crippen LogP contribution is 2.34. The zero-order valence-electron chi connectivity index (χ0n) is 14.8. The molecule has 1 aromatic heterocycles. The molecule has 1 fully saturated rings. The maximum absolute atomic E-state index is 11.9. The Morgan fingerprint density at radius 1 is 1.46 bits per heavy atom. The lowest BCUT2D eigenvalue weighted by atomic mass is 9.79. The predicted molar refractivity (Wildman–Crippen MR) is 92.7 cm³/mol. The van der Waals surface area contributed by atoms with Gasteiger partial charge in [-0.15, -0.1) is 0 Å². The van der Waals surface area contributed by atoms with E-state index < -0.39 is 0 Å². The molecule has 1 aromatic rings. The third-order valence-corrected chi connectivity index (χ3v) is 4.01. The van der Waals surface area contributed by atoms with Crippen LogP contribution in [0.3, 0.4) is 0 Å². The van der Waals surface area contributed by atoms with Crippen molar-refractivity contribution in [3.63, 3.8) is 0 Å². The number of pyridine rings is 1. The second kappa shape index (κ2) is 7.87. The van der Waals surface area contributed by atoms with E-state index in [4.69, 9.17) is 9.47 Å². The van der Waals surface area contributed by atoms with Gasteiger partial charge in [0.25, 0.3) is 0 Å². The lowest BCUT2D eigenvalue weighted by Gasteiger charge is -2.39. The van der Waals surface area contributed by atoms with Crippen LogP contribution in [0.2, 0.25) is 0 Å². The van der Waals surface area contributed by atoms with Crippen molar-refractivity contribution in [3.05, 3.63) is 35.5 Å². The van der Waals surface area contributed by atoms with E-state index in [1.54, 1.807) is 18.1 Å². The van der Waals surface area contributed by atoms with Gasteiger partial charge in [0.1, 0.15) is 5.69 Å². The van der Waals surface area contributed by atoms with Crippen LogP contribution in [-0.4, -0.2) is 42.8 Å². The van der Waals surface area contributed by atoms with Crippen LogP contribution in [0.5, 0.6) is 5.88 Å². The quantitative estimate of drug-likeness (QED) is 0.782. The van der Waals surface area contributed by atoms with E-state index in [0.717, 1.165) is 6.42 Å². The fraction of sp³-hybridized carbons (Fsp3) is 0.474. The minimum Gasteiger partial charge on any atom is -0.481 e. The number of nitrogens with zero attached hydrogens (tertiary/aromatic N) is 2. The molecule has 0 atom stereocenters. The van der Waals surface area contributed by atoms with Crippen molar-refractivity contribution in [2.24, 2.45) is 5.41 Å². The van der Waals surface area contributed by atoms with Crippen molar-refractivity contribution >= 4 is 6.09 Å². The topological polar surface area (TPSA) is 51.7 Å². The molecule has 0 unspecified atom stereocenters. The molecule has 0 saturated carbocycles. The number of amides is 1. The first-order valence-electron chi connectivity index (χ1n) is 8.10. The summed E-state index contributed by atoms with van der Waals surface area (Å²) in [7, 11) is 1.58. The van der Waals surface area contributed by atoms with Crippen molar-refractivity contribution in [3.8, 4) is 17.7 Å². The van der Waals surface area contributed by atoms with E-state index in [-0.39, 0.29) is 11.5 Å². The summed E-state index contributed by atoms with van der Waals surface area (Å²) in [4.78, 5) is 17.9. The second-order valence-corrected chi connectivity index (χ2v) is 6.26. The van der Waals surface area contributed by atoms with Gasteiger partial charge in [0.2, 0.25) is 5.88 Å². The number of hydrogen-bond acceptors (Lipinski definition) is 4. The number of carbonyl (C=O) groups excluding carboxylic acids is 1. The van der Waals surface area contributed by atoms with Crippen LogP contribution >= 0.6 is 0 Å². The van der Waals surface area contributed by atoms with Gasteiger partial charge in [-0.1, -0.05) is 31.4 Å². The van der Waals surface area contributed by atoms with Crippen molar-refractivity contribution in [2.45, 2.75) is 27.2 Å². The molecule has 2 heterocycles. The van der Waals surface area contributed by atoms with Gasteiger partial charge in [-0.05, 0) is 31.4 Å². The zero-order chi connectivity index (χ0) is 17.6. The van der Waals surface area contributed by atoms with Gasteiger partial charge in [0, 0.05) is 24.6 Å². The number of likely N-dealkylation sites (tertiary alicyclic amines) is 1. The summed E-state index contributed by atoms with van der Waals surface area (Å²) in [5.41, 5.74) is 1.79. The third kappa shape index (κ3) is 4.51. The monoisotopic (exact) mass is 328 g/mol. The number of allylic oxidation sites excluding steroid dienone is 1. The van der Waals surface area contributed by atoms with Crippen LogP contribution in [-0.2, 0) is 4.74 Å². The molecule has 2 rings (SSSR count). The van der Waals surface area contributed by atoms with Gasteiger partial charge in [0.05, 0.1) is 13.7 Å². The fourth-order valence-corrected chi connectivity index (χ4v) is 2.68. The van der Waals surface area contributed by atoms with Gasteiger partial charge in [-0.3, -0.25) is 0 Å². The van der Waals surface area contributed by atoms with Crippen LogP contribution in [0, 0.1) is 17.3 Å². The van der Waals surface area contributed by atoms with Gasteiger partial charge < -0.3 is 14.4 Å². The second-order valence-electron chi connectivity index (χ2n) is 6.26. The molecule has 1 aliphatic heterocycles. The van der Waals surface area contributed by atoms with Crippen molar-refractivity contribution in [1.82, 2.24) is 9.88 Å². The summed E-state index contributed by atoms with van der Waals surface area (Å²) < 4.78 is 10.2. The number of ether oxygens (including phenoxy) is 2. The normalized spacial score (nSPS) is 17.8. The van der Waals surface area contributed by atoms with Crippen LogP contribution < -0.4 is 4.74 Å². The molecule has 0 aliphatic carbocycles. The average Bonchev–Trinajstić information content (AvgIpc) is 2.56. The first-order chi connectivity index (χ1) is 11.5. The highest BCUT2D eigenvalue weighted by atomic mass is 16.6. The third-order valence-electron chi connectivity index (χ3n) is 4.01. The molecule has 1 aliphatic rings. The van der Waals surface area contributed by atoms with Crippen LogP contribution in [0.15, 0.2) is 29.8 Å². The molecule has 0 radical (unpaired) electrons. The number of methoxy groups -OCH3 is 1. The first-order valence-corrected chi connectivity index (χ1v) is 8.10. The molecule has 128 valence electrons. The van der Waals surface area contributed by atoms with E-state index in [1.165, 1.54) is 5.57 Å². The zero-order valence-corrected chi connectivity index (χ0v) is 14.8. The number of aromatic nitrogens is 1. The van der Waals surface area contributed by atoms with E-state index in [2.05, 4.69) is 30.7 Å². The van der Waals surface area contributed by atoms with E-state index in [0.29, 0.717) is 31.3 Å². The smallest absolute Gasteiger partial charge is 0.409 e.